The summed E-state index contributed by atoms with van der Waals surface area (Å²) in [5.74, 6) is 0. The van der Waals surface area contributed by atoms with Gasteiger partial charge in [0.2, 0.25) is 0 Å². The highest BCUT2D eigenvalue weighted by Gasteiger charge is 2.19. The van der Waals surface area contributed by atoms with Gasteiger partial charge in [0.05, 0.1) is 4.92 Å². The average Bonchev–Trinajstić information content (AvgIpc) is 2.46. The molecule has 6 nitrogen and oxygen atoms in total. The molecule has 1 N–H and O–H groups in total. The summed E-state index contributed by atoms with van der Waals surface area (Å²) < 4.78 is 0. The highest BCUT2D eigenvalue weighted by Crippen LogP contribution is 2.22. The molecule has 0 spiro atoms. The van der Waals surface area contributed by atoms with Crippen LogP contribution < -0.4 is 5.32 Å². The predicted molar refractivity (Wildman–Crippen MR) is 76.6 cm³/mol. The van der Waals surface area contributed by atoms with Crippen LogP contribution in [0, 0.1) is 21.4 Å². The normalized spacial score (nSPS) is 19.3. The number of nitriles is 1. The maximum atomic E-state index is 10.8. The molecule has 1 fully saturated rings. The summed E-state index contributed by atoms with van der Waals surface area (Å²) in [6, 6.07) is 6.93. The number of benzene rings is 1. The summed E-state index contributed by atoms with van der Waals surface area (Å²) >= 11 is 0. The molecule has 0 aromatic heterocycles. The van der Waals surface area contributed by atoms with Crippen molar-refractivity contribution in [1.82, 2.24) is 4.90 Å². The van der Waals surface area contributed by atoms with Gasteiger partial charge in [0.1, 0.15) is 11.6 Å². The second-order valence-electron chi connectivity index (χ2n) is 5.11. The highest BCUT2D eigenvalue weighted by atomic mass is 16.6. The molecule has 1 saturated heterocycles. The molecule has 0 radical (unpaired) electrons. The third-order valence-electron chi connectivity index (χ3n) is 3.78. The van der Waals surface area contributed by atoms with Crippen LogP contribution in [-0.2, 0) is 0 Å². The number of likely N-dealkylation sites (N-methyl/N-ethyl adjacent to an activating group) is 1. The molecule has 0 bridgehead atoms. The number of nitro benzene ring substituents is 1. The summed E-state index contributed by atoms with van der Waals surface area (Å²) in [7, 11) is 2.11. The van der Waals surface area contributed by atoms with Gasteiger partial charge in [-0.05, 0) is 38.6 Å². The van der Waals surface area contributed by atoms with Crippen molar-refractivity contribution in [3.8, 4) is 6.07 Å². The van der Waals surface area contributed by atoms with Crippen molar-refractivity contribution in [2.75, 3.05) is 25.5 Å². The van der Waals surface area contributed by atoms with Crippen LogP contribution in [0.3, 0.4) is 0 Å². The van der Waals surface area contributed by atoms with E-state index in [1.165, 1.54) is 18.9 Å². The molecule has 1 atom stereocenters. The first-order valence-corrected chi connectivity index (χ1v) is 6.74. The SMILES string of the molecule is CN1CCCCC1CNc1ccc([N+](=O)[O-])c(C#N)c1. The molecule has 1 aliphatic heterocycles. The molecule has 0 aliphatic carbocycles. The van der Waals surface area contributed by atoms with Gasteiger partial charge in [-0.1, -0.05) is 6.42 Å². The summed E-state index contributed by atoms with van der Waals surface area (Å²) in [4.78, 5) is 12.6. The lowest BCUT2D eigenvalue weighted by atomic mass is 10.0. The third kappa shape index (κ3) is 3.25. The number of hydrogen-bond donors (Lipinski definition) is 1. The minimum atomic E-state index is -0.531. The number of rotatable bonds is 4. The van der Waals surface area contributed by atoms with Crippen molar-refractivity contribution in [3.63, 3.8) is 0 Å². The van der Waals surface area contributed by atoms with E-state index in [-0.39, 0.29) is 11.3 Å². The minimum absolute atomic E-state index is 0.0944. The first kappa shape index (κ1) is 14.3. The second kappa shape index (κ2) is 6.35. The fourth-order valence-corrected chi connectivity index (χ4v) is 2.53. The molecule has 6 heteroatoms. The molecular weight excluding hydrogens is 256 g/mol. The molecule has 1 aliphatic rings. The van der Waals surface area contributed by atoms with Gasteiger partial charge in [0.15, 0.2) is 0 Å². The Bertz CT molecular complexity index is 538. The van der Waals surface area contributed by atoms with Gasteiger partial charge in [0, 0.05) is 24.3 Å². The molecule has 0 amide bonds. The van der Waals surface area contributed by atoms with Gasteiger partial charge >= 0.3 is 0 Å². The van der Waals surface area contributed by atoms with Crippen molar-refractivity contribution in [3.05, 3.63) is 33.9 Å². The zero-order chi connectivity index (χ0) is 14.5. The Morgan fingerprint density at radius 3 is 3.00 bits per heavy atom. The largest absolute Gasteiger partial charge is 0.383 e. The lowest BCUT2D eigenvalue weighted by Crippen LogP contribution is -2.40. The maximum Gasteiger partial charge on any atom is 0.287 e. The Balaban J connectivity index is 2.03. The Kier molecular flexibility index (Phi) is 4.53. The fraction of sp³-hybridized carbons (Fsp3) is 0.500. The van der Waals surface area contributed by atoms with Crippen LogP contribution in [0.25, 0.3) is 0 Å². The second-order valence-corrected chi connectivity index (χ2v) is 5.11. The lowest BCUT2D eigenvalue weighted by molar-refractivity contribution is -0.385. The van der Waals surface area contributed by atoms with Crippen LogP contribution >= 0.6 is 0 Å². The molecule has 1 unspecified atom stereocenters. The first-order chi connectivity index (χ1) is 9.61. The van der Waals surface area contributed by atoms with E-state index in [9.17, 15) is 10.1 Å². The molecule has 0 saturated carbocycles. The summed E-state index contributed by atoms with van der Waals surface area (Å²) in [6.45, 7) is 1.90. The van der Waals surface area contributed by atoms with E-state index in [0.717, 1.165) is 25.2 Å². The molecule has 2 rings (SSSR count). The highest BCUT2D eigenvalue weighted by molar-refractivity contribution is 5.58. The van der Waals surface area contributed by atoms with E-state index < -0.39 is 4.92 Å². The van der Waals surface area contributed by atoms with Crippen LogP contribution in [0.5, 0.6) is 0 Å². The zero-order valence-corrected chi connectivity index (χ0v) is 11.5. The summed E-state index contributed by atoms with van der Waals surface area (Å²) in [5.41, 5.74) is 0.705. The fourth-order valence-electron chi connectivity index (χ4n) is 2.53. The quantitative estimate of drug-likeness (QED) is 0.673. The summed E-state index contributed by atoms with van der Waals surface area (Å²) in [5, 5.41) is 23.0. The molecule has 20 heavy (non-hydrogen) atoms. The Morgan fingerprint density at radius 1 is 1.55 bits per heavy atom. The molecule has 1 aromatic carbocycles. The number of nitrogens with one attached hydrogen (secondary N) is 1. The van der Waals surface area contributed by atoms with E-state index >= 15 is 0 Å². The van der Waals surface area contributed by atoms with Crippen molar-refractivity contribution in [2.45, 2.75) is 25.3 Å². The van der Waals surface area contributed by atoms with E-state index in [2.05, 4.69) is 17.3 Å². The molecule has 1 aromatic rings. The molecule has 1 heterocycles. The van der Waals surface area contributed by atoms with E-state index in [1.54, 1.807) is 12.1 Å². The molecular formula is C14H18N4O2. The Labute approximate surface area is 118 Å². The maximum absolute atomic E-state index is 10.8. The summed E-state index contributed by atoms with van der Waals surface area (Å²) in [6.07, 6.45) is 3.63. The van der Waals surface area contributed by atoms with Gasteiger partial charge < -0.3 is 10.2 Å². The minimum Gasteiger partial charge on any atom is -0.383 e. The number of nitro groups is 1. The standard InChI is InChI=1S/C14H18N4O2/c1-17-7-3-2-4-13(17)10-16-12-5-6-14(18(19)20)11(8-12)9-15/h5-6,8,13,16H,2-4,7,10H2,1H3. The van der Waals surface area contributed by atoms with Gasteiger partial charge in [-0.3, -0.25) is 10.1 Å². The average molecular weight is 274 g/mol. The Morgan fingerprint density at radius 2 is 2.35 bits per heavy atom. The van der Waals surface area contributed by atoms with Gasteiger partial charge in [0.25, 0.3) is 5.69 Å². The number of hydrogen-bond acceptors (Lipinski definition) is 5. The van der Waals surface area contributed by atoms with Crippen LogP contribution in [0.1, 0.15) is 24.8 Å². The zero-order valence-electron chi connectivity index (χ0n) is 11.5. The number of nitrogens with zero attached hydrogens (tertiary/aromatic N) is 3. The van der Waals surface area contributed by atoms with Crippen molar-refractivity contribution >= 4 is 11.4 Å². The van der Waals surface area contributed by atoms with Gasteiger partial charge in [-0.15, -0.1) is 0 Å². The molecule has 106 valence electrons. The lowest BCUT2D eigenvalue weighted by Gasteiger charge is -2.32. The predicted octanol–water partition coefficient (Wildman–Crippen LogP) is 2.36. The van der Waals surface area contributed by atoms with E-state index in [1.807, 2.05) is 6.07 Å². The van der Waals surface area contributed by atoms with Crippen molar-refractivity contribution < 1.29 is 4.92 Å². The van der Waals surface area contributed by atoms with Crippen LogP contribution in [0.4, 0.5) is 11.4 Å². The van der Waals surface area contributed by atoms with E-state index in [0.29, 0.717) is 6.04 Å². The van der Waals surface area contributed by atoms with Gasteiger partial charge in [-0.2, -0.15) is 5.26 Å². The number of anilines is 1. The van der Waals surface area contributed by atoms with Crippen molar-refractivity contribution in [2.24, 2.45) is 0 Å². The van der Waals surface area contributed by atoms with Crippen LogP contribution in [0.15, 0.2) is 18.2 Å². The van der Waals surface area contributed by atoms with Crippen molar-refractivity contribution in [1.29, 1.82) is 5.26 Å². The van der Waals surface area contributed by atoms with E-state index in [4.69, 9.17) is 5.26 Å². The third-order valence-corrected chi connectivity index (χ3v) is 3.78. The number of likely N-dealkylation sites (tertiary alicyclic amines) is 1. The monoisotopic (exact) mass is 274 g/mol. The van der Waals surface area contributed by atoms with Crippen LogP contribution in [0.2, 0.25) is 0 Å². The Hall–Kier alpha value is -2.13. The topological polar surface area (TPSA) is 82.2 Å². The number of piperidine rings is 1. The first-order valence-electron chi connectivity index (χ1n) is 6.74. The smallest absolute Gasteiger partial charge is 0.287 e. The van der Waals surface area contributed by atoms with Crippen LogP contribution in [-0.4, -0.2) is 36.0 Å². The van der Waals surface area contributed by atoms with Gasteiger partial charge in [-0.25, -0.2) is 0 Å².